The van der Waals surface area contributed by atoms with Crippen LogP contribution < -0.4 is 5.32 Å². The zero-order chi connectivity index (χ0) is 11.7. The van der Waals surface area contributed by atoms with Crippen molar-refractivity contribution in [1.29, 1.82) is 0 Å². The first-order valence-electron chi connectivity index (χ1n) is 6.54. The third kappa shape index (κ3) is 2.50. The maximum atomic E-state index is 13.2. The summed E-state index contributed by atoms with van der Waals surface area (Å²) in [5, 5.41) is 3.56. The average Bonchev–Trinajstić information content (AvgIpc) is 2.81. The topological polar surface area (TPSA) is 15.3 Å². The lowest BCUT2D eigenvalue weighted by molar-refractivity contribution is 0.282. The first-order chi connectivity index (χ1) is 8.31. The van der Waals surface area contributed by atoms with Gasteiger partial charge in [-0.05, 0) is 55.6 Å². The van der Waals surface area contributed by atoms with Crippen LogP contribution in [0, 0.1) is 5.82 Å². The Labute approximate surface area is 102 Å². The number of rotatable bonds is 2. The molecule has 0 spiro atoms. The van der Waals surface area contributed by atoms with Gasteiger partial charge in [0.05, 0.1) is 0 Å². The van der Waals surface area contributed by atoms with E-state index in [4.69, 9.17) is 0 Å². The summed E-state index contributed by atoms with van der Waals surface area (Å²) in [5.41, 5.74) is 2.44. The number of fused-ring (bicyclic) bond motifs is 1. The lowest BCUT2D eigenvalue weighted by Gasteiger charge is -2.29. The molecule has 2 heterocycles. The average molecular weight is 234 g/mol. The van der Waals surface area contributed by atoms with Gasteiger partial charge in [-0.15, -0.1) is 0 Å². The molecule has 2 aliphatic rings. The van der Waals surface area contributed by atoms with Gasteiger partial charge in [-0.3, -0.25) is 0 Å². The highest BCUT2D eigenvalue weighted by molar-refractivity contribution is 5.30. The van der Waals surface area contributed by atoms with Crippen LogP contribution in [0.2, 0.25) is 0 Å². The molecule has 17 heavy (non-hydrogen) atoms. The summed E-state index contributed by atoms with van der Waals surface area (Å²) in [5.74, 6) is -0.106. The highest BCUT2D eigenvalue weighted by Gasteiger charge is 2.22. The molecular weight excluding hydrogens is 215 g/mol. The second kappa shape index (κ2) is 4.75. The summed E-state index contributed by atoms with van der Waals surface area (Å²) in [4.78, 5) is 2.52. The van der Waals surface area contributed by atoms with Crippen molar-refractivity contribution >= 4 is 0 Å². The Morgan fingerprint density at radius 2 is 2.06 bits per heavy atom. The van der Waals surface area contributed by atoms with Gasteiger partial charge >= 0.3 is 0 Å². The van der Waals surface area contributed by atoms with Crippen molar-refractivity contribution in [3.63, 3.8) is 0 Å². The Kier molecular flexibility index (Phi) is 3.12. The first-order valence-corrected chi connectivity index (χ1v) is 6.54. The van der Waals surface area contributed by atoms with Crippen molar-refractivity contribution in [3.8, 4) is 0 Å². The summed E-state index contributed by atoms with van der Waals surface area (Å²) in [6.07, 6.45) is 3.62. The summed E-state index contributed by atoms with van der Waals surface area (Å²) in [6, 6.07) is 5.65. The summed E-state index contributed by atoms with van der Waals surface area (Å²) in [6.45, 7) is 4.45. The molecule has 1 fully saturated rings. The molecule has 1 aromatic rings. The molecule has 0 radical (unpaired) electrons. The van der Waals surface area contributed by atoms with Crippen LogP contribution in [0.1, 0.15) is 24.0 Å². The minimum absolute atomic E-state index is 0.106. The Bertz CT molecular complexity index is 399. The maximum absolute atomic E-state index is 13.2. The normalized spacial score (nSPS) is 24.9. The largest absolute Gasteiger partial charge is 0.308 e. The van der Waals surface area contributed by atoms with Crippen molar-refractivity contribution in [2.75, 3.05) is 19.6 Å². The Morgan fingerprint density at radius 3 is 2.88 bits per heavy atom. The van der Waals surface area contributed by atoms with E-state index in [1.54, 1.807) is 12.1 Å². The standard InChI is InChI=1S/C14H19FN2/c15-13-4-3-11-9-16-14(8-12(11)7-13)10-17-5-1-2-6-17/h3-4,7,14,16H,1-2,5-6,8-10H2. The van der Waals surface area contributed by atoms with Crippen LogP contribution in [0.5, 0.6) is 0 Å². The minimum Gasteiger partial charge on any atom is -0.308 e. The van der Waals surface area contributed by atoms with Crippen molar-refractivity contribution in [3.05, 3.63) is 35.1 Å². The second-order valence-electron chi connectivity index (χ2n) is 5.20. The fraction of sp³-hybridized carbons (Fsp3) is 0.571. The monoisotopic (exact) mass is 234 g/mol. The van der Waals surface area contributed by atoms with Gasteiger partial charge in [0, 0.05) is 19.1 Å². The maximum Gasteiger partial charge on any atom is 0.123 e. The first kappa shape index (κ1) is 11.2. The third-order valence-corrected chi connectivity index (χ3v) is 3.89. The lowest BCUT2D eigenvalue weighted by Crippen LogP contribution is -2.43. The van der Waals surface area contributed by atoms with E-state index in [1.165, 1.54) is 37.1 Å². The van der Waals surface area contributed by atoms with Gasteiger partial charge in [-0.2, -0.15) is 0 Å². The molecule has 1 N–H and O–H groups in total. The van der Waals surface area contributed by atoms with E-state index in [2.05, 4.69) is 10.2 Å². The minimum atomic E-state index is -0.106. The van der Waals surface area contributed by atoms with Crippen LogP contribution in [0.25, 0.3) is 0 Å². The van der Waals surface area contributed by atoms with E-state index in [0.29, 0.717) is 6.04 Å². The van der Waals surface area contributed by atoms with Crippen molar-refractivity contribution in [1.82, 2.24) is 10.2 Å². The van der Waals surface area contributed by atoms with E-state index >= 15 is 0 Å². The zero-order valence-corrected chi connectivity index (χ0v) is 10.1. The van der Waals surface area contributed by atoms with Crippen LogP contribution >= 0.6 is 0 Å². The smallest absolute Gasteiger partial charge is 0.123 e. The van der Waals surface area contributed by atoms with Gasteiger partial charge < -0.3 is 10.2 Å². The highest BCUT2D eigenvalue weighted by Crippen LogP contribution is 2.19. The van der Waals surface area contributed by atoms with E-state index in [1.807, 2.05) is 6.07 Å². The molecule has 0 bridgehead atoms. The fourth-order valence-electron chi connectivity index (χ4n) is 2.95. The van der Waals surface area contributed by atoms with Crippen LogP contribution in [-0.2, 0) is 13.0 Å². The molecule has 2 aliphatic heterocycles. The summed E-state index contributed by atoms with van der Waals surface area (Å²) < 4.78 is 13.2. The van der Waals surface area contributed by atoms with E-state index in [0.717, 1.165) is 19.5 Å². The second-order valence-corrected chi connectivity index (χ2v) is 5.20. The van der Waals surface area contributed by atoms with Crippen LogP contribution in [-0.4, -0.2) is 30.6 Å². The van der Waals surface area contributed by atoms with Crippen LogP contribution in [0.4, 0.5) is 4.39 Å². The number of hydrogen-bond acceptors (Lipinski definition) is 2. The zero-order valence-electron chi connectivity index (χ0n) is 10.1. The van der Waals surface area contributed by atoms with Crippen molar-refractivity contribution in [2.24, 2.45) is 0 Å². The van der Waals surface area contributed by atoms with E-state index in [-0.39, 0.29) is 5.82 Å². The van der Waals surface area contributed by atoms with Gasteiger partial charge in [0.25, 0.3) is 0 Å². The quantitative estimate of drug-likeness (QED) is 0.841. The fourth-order valence-corrected chi connectivity index (χ4v) is 2.95. The van der Waals surface area contributed by atoms with Gasteiger partial charge in [0.2, 0.25) is 0 Å². The van der Waals surface area contributed by atoms with Crippen LogP contribution in [0.15, 0.2) is 18.2 Å². The number of halogens is 1. The molecule has 3 rings (SSSR count). The number of nitrogens with zero attached hydrogens (tertiary/aromatic N) is 1. The number of nitrogens with one attached hydrogen (secondary N) is 1. The molecule has 2 nitrogen and oxygen atoms in total. The number of benzene rings is 1. The molecular formula is C14H19FN2. The van der Waals surface area contributed by atoms with Crippen molar-refractivity contribution < 1.29 is 4.39 Å². The molecule has 1 atom stereocenters. The van der Waals surface area contributed by atoms with E-state index in [9.17, 15) is 4.39 Å². The van der Waals surface area contributed by atoms with Gasteiger partial charge in [0.1, 0.15) is 5.82 Å². The summed E-state index contributed by atoms with van der Waals surface area (Å²) in [7, 11) is 0. The molecule has 0 aromatic heterocycles. The molecule has 3 heteroatoms. The lowest BCUT2D eigenvalue weighted by atomic mass is 9.95. The number of hydrogen-bond donors (Lipinski definition) is 1. The van der Waals surface area contributed by atoms with E-state index < -0.39 is 0 Å². The Hall–Kier alpha value is -0.930. The Morgan fingerprint density at radius 1 is 1.24 bits per heavy atom. The summed E-state index contributed by atoms with van der Waals surface area (Å²) >= 11 is 0. The predicted molar refractivity (Wildman–Crippen MR) is 66.4 cm³/mol. The molecule has 0 amide bonds. The predicted octanol–water partition coefficient (Wildman–Crippen LogP) is 1.94. The van der Waals surface area contributed by atoms with Gasteiger partial charge in [-0.1, -0.05) is 6.07 Å². The molecule has 1 unspecified atom stereocenters. The molecule has 1 aromatic carbocycles. The molecule has 0 saturated carbocycles. The third-order valence-electron chi connectivity index (χ3n) is 3.89. The molecule has 0 aliphatic carbocycles. The Balaban J connectivity index is 1.67. The van der Waals surface area contributed by atoms with Crippen LogP contribution in [0.3, 0.4) is 0 Å². The molecule has 1 saturated heterocycles. The van der Waals surface area contributed by atoms with Gasteiger partial charge in [0.15, 0.2) is 0 Å². The number of likely N-dealkylation sites (tertiary alicyclic amines) is 1. The molecule has 92 valence electrons. The van der Waals surface area contributed by atoms with Crippen molar-refractivity contribution in [2.45, 2.75) is 31.8 Å². The highest BCUT2D eigenvalue weighted by atomic mass is 19.1. The van der Waals surface area contributed by atoms with Gasteiger partial charge in [-0.25, -0.2) is 4.39 Å². The SMILES string of the molecule is Fc1ccc2c(c1)CC(CN1CCCC1)NC2.